The molecule has 8 rings (SSSR count). The minimum absolute atomic E-state index is 0.0479. The number of phenols is 1. The zero-order chi connectivity index (χ0) is 58.1. The molecular weight excluding hydrogens is 1060 g/mol. The number of nitrogens with zero attached hydrogens (tertiary/aromatic N) is 9. The van der Waals surface area contributed by atoms with Gasteiger partial charge in [0.15, 0.2) is 23.1 Å². The van der Waals surface area contributed by atoms with Crippen molar-refractivity contribution in [1.82, 2.24) is 29.6 Å². The summed E-state index contributed by atoms with van der Waals surface area (Å²) in [6, 6.07) is 15.1. The van der Waals surface area contributed by atoms with Crippen LogP contribution in [0.5, 0.6) is 11.5 Å². The van der Waals surface area contributed by atoms with Gasteiger partial charge in [0, 0.05) is 75.2 Å². The lowest BCUT2D eigenvalue weighted by Crippen LogP contribution is -2.36. The number of esters is 2. The topological polar surface area (TPSA) is 255 Å². The van der Waals surface area contributed by atoms with Crippen LogP contribution in [0.1, 0.15) is 98.1 Å². The summed E-state index contributed by atoms with van der Waals surface area (Å²) in [6.07, 6.45) is 7.17. The molecule has 2 aromatic carbocycles. The number of aryl methyl sites for hydroxylation is 4. The SMILES string of the molecule is CCOC(=O)C[C@H](c1ccc(O)c(F)c1)N1CCN(CCCc2ccc3c(n2)NCCC3)C1=O.CCOC(=O)C[C@H](c1ccc(OCCOCCOCCOCCN=[N+]=[N-])c(F)c1)N1CCN(CCCc2ccc3c(n2)NCCC3)C1=O. The van der Waals surface area contributed by atoms with Crippen molar-refractivity contribution in [2.24, 2.45) is 5.11 Å². The summed E-state index contributed by atoms with van der Waals surface area (Å²) in [4.78, 5) is 70.3. The van der Waals surface area contributed by atoms with Gasteiger partial charge in [-0.1, -0.05) is 29.4 Å². The first-order chi connectivity index (χ1) is 40.0. The fourth-order valence-corrected chi connectivity index (χ4v) is 10.2. The van der Waals surface area contributed by atoms with Gasteiger partial charge in [-0.3, -0.25) is 9.59 Å². The normalized spacial score (nSPS) is 15.3. The highest BCUT2D eigenvalue weighted by molar-refractivity contribution is 5.79. The van der Waals surface area contributed by atoms with Crippen LogP contribution < -0.4 is 15.4 Å². The third-order valence-electron chi connectivity index (χ3n) is 14.3. The summed E-state index contributed by atoms with van der Waals surface area (Å²) in [5.41, 5.74) is 13.6. The molecule has 2 atom stereocenters. The van der Waals surface area contributed by atoms with E-state index in [0.29, 0.717) is 83.4 Å². The molecule has 444 valence electrons. The van der Waals surface area contributed by atoms with Crippen molar-refractivity contribution in [3.63, 3.8) is 0 Å². The van der Waals surface area contributed by atoms with Gasteiger partial charge in [0.2, 0.25) is 0 Å². The van der Waals surface area contributed by atoms with Gasteiger partial charge in [0.1, 0.15) is 18.2 Å². The molecule has 0 unspecified atom stereocenters. The van der Waals surface area contributed by atoms with Gasteiger partial charge in [-0.15, -0.1) is 0 Å². The minimum Gasteiger partial charge on any atom is -0.505 e. The number of anilines is 2. The average Bonchev–Trinajstić information content (AvgIpc) is 4.25. The molecule has 2 saturated heterocycles. The number of benzene rings is 2. The van der Waals surface area contributed by atoms with Crippen molar-refractivity contribution in [2.75, 3.05) is 129 Å². The number of urea groups is 2. The van der Waals surface area contributed by atoms with Crippen LogP contribution in [-0.4, -0.2) is 177 Å². The van der Waals surface area contributed by atoms with E-state index < -0.39 is 41.4 Å². The molecule has 4 amide bonds. The second-order valence-electron chi connectivity index (χ2n) is 19.9. The van der Waals surface area contributed by atoms with Crippen molar-refractivity contribution in [3.8, 4) is 11.5 Å². The Morgan fingerprint density at radius 3 is 1.65 bits per heavy atom. The van der Waals surface area contributed by atoms with Crippen LogP contribution in [0.15, 0.2) is 65.8 Å². The van der Waals surface area contributed by atoms with E-state index in [1.165, 1.54) is 41.5 Å². The van der Waals surface area contributed by atoms with E-state index >= 15 is 4.39 Å². The van der Waals surface area contributed by atoms with E-state index in [1.54, 1.807) is 39.5 Å². The van der Waals surface area contributed by atoms with Crippen LogP contribution in [-0.2, 0) is 59.0 Å². The lowest BCUT2D eigenvalue weighted by atomic mass is 10.0. The number of amides is 4. The maximum Gasteiger partial charge on any atom is 0.320 e. The lowest BCUT2D eigenvalue weighted by Gasteiger charge is -2.28. The zero-order valence-corrected chi connectivity index (χ0v) is 47.0. The average molecular weight is 1140 g/mol. The van der Waals surface area contributed by atoms with E-state index in [-0.39, 0.29) is 63.6 Å². The molecule has 82 heavy (non-hydrogen) atoms. The van der Waals surface area contributed by atoms with Crippen LogP contribution in [0, 0.1) is 11.6 Å². The van der Waals surface area contributed by atoms with Gasteiger partial charge in [-0.2, -0.15) is 0 Å². The van der Waals surface area contributed by atoms with Crippen LogP contribution in [0.25, 0.3) is 10.4 Å². The minimum atomic E-state index is -0.790. The van der Waals surface area contributed by atoms with Gasteiger partial charge in [-0.05, 0) is 129 Å². The molecule has 2 aromatic heterocycles. The molecular formula is C58H77F2N11O11. The molecule has 4 aliphatic rings. The number of aromatic hydroxyl groups is 1. The predicted molar refractivity (Wildman–Crippen MR) is 300 cm³/mol. The van der Waals surface area contributed by atoms with Crippen LogP contribution in [0.3, 0.4) is 0 Å². The smallest absolute Gasteiger partial charge is 0.320 e. The lowest BCUT2D eigenvalue weighted by molar-refractivity contribution is -0.145. The quantitative estimate of drug-likeness (QED) is 0.0141. The highest BCUT2D eigenvalue weighted by Crippen LogP contribution is 2.34. The Hall–Kier alpha value is -7.53. The van der Waals surface area contributed by atoms with Crippen molar-refractivity contribution in [1.29, 1.82) is 0 Å². The number of carbonyl (C=O) groups is 4. The van der Waals surface area contributed by atoms with Crippen molar-refractivity contribution < 1.29 is 61.5 Å². The summed E-state index contributed by atoms with van der Waals surface area (Å²) in [5, 5.41) is 19.6. The number of pyridine rings is 2. The Balaban J connectivity index is 0.000000250. The van der Waals surface area contributed by atoms with Crippen molar-refractivity contribution >= 4 is 35.6 Å². The van der Waals surface area contributed by atoms with Crippen LogP contribution >= 0.6 is 0 Å². The fourth-order valence-electron chi connectivity index (χ4n) is 10.2. The molecule has 0 bridgehead atoms. The Bertz CT molecular complexity index is 2790. The number of nitrogens with one attached hydrogen (secondary N) is 2. The summed E-state index contributed by atoms with van der Waals surface area (Å²) in [6.45, 7) is 11.2. The van der Waals surface area contributed by atoms with Crippen molar-refractivity contribution in [3.05, 3.63) is 116 Å². The molecule has 0 spiro atoms. The molecule has 6 heterocycles. The molecule has 4 aromatic rings. The molecule has 3 N–H and O–H groups in total. The summed E-state index contributed by atoms with van der Waals surface area (Å²) < 4.78 is 61.1. The maximum absolute atomic E-state index is 15.2. The van der Waals surface area contributed by atoms with Gasteiger partial charge >= 0.3 is 24.0 Å². The summed E-state index contributed by atoms with van der Waals surface area (Å²) in [5.74, 6) is -0.800. The Morgan fingerprint density at radius 2 is 1.16 bits per heavy atom. The summed E-state index contributed by atoms with van der Waals surface area (Å²) in [7, 11) is 0. The second-order valence-corrected chi connectivity index (χ2v) is 19.9. The molecule has 0 saturated carbocycles. The number of aromatic nitrogens is 2. The number of hydrogen-bond acceptors (Lipinski definition) is 16. The van der Waals surface area contributed by atoms with Crippen molar-refractivity contribution in [2.45, 2.75) is 90.1 Å². The Morgan fingerprint density at radius 1 is 0.671 bits per heavy atom. The molecule has 0 radical (unpaired) electrons. The second kappa shape index (κ2) is 32.8. The number of hydrogen-bond donors (Lipinski definition) is 3. The van der Waals surface area contributed by atoms with Gasteiger partial charge in [0.05, 0.1) is 77.8 Å². The number of halogens is 2. The van der Waals surface area contributed by atoms with Gasteiger partial charge < -0.3 is 63.8 Å². The third kappa shape index (κ3) is 18.5. The molecule has 22 nitrogen and oxygen atoms in total. The number of ether oxygens (including phenoxy) is 6. The first-order valence-electron chi connectivity index (χ1n) is 28.5. The largest absolute Gasteiger partial charge is 0.505 e. The Kier molecular flexibility index (Phi) is 24.8. The molecule has 24 heteroatoms. The van der Waals surface area contributed by atoms with Gasteiger partial charge in [-0.25, -0.2) is 28.3 Å². The highest BCUT2D eigenvalue weighted by Gasteiger charge is 2.37. The van der Waals surface area contributed by atoms with Crippen LogP contribution in [0.4, 0.5) is 30.0 Å². The van der Waals surface area contributed by atoms with Crippen LogP contribution in [0.2, 0.25) is 0 Å². The van der Waals surface area contributed by atoms with E-state index in [4.69, 9.17) is 43.9 Å². The first-order valence-corrected chi connectivity index (χ1v) is 28.5. The number of phenolic OH excluding ortho intramolecular Hbond substituents is 1. The van der Waals surface area contributed by atoms with E-state index in [2.05, 4.69) is 44.9 Å². The summed E-state index contributed by atoms with van der Waals surface area (Å²) >= 11 is 0. The highest BCUT2D eigenvalue weighted by atomic mass is 19.1. The maximum atomic E-state index is 15.2. The Labute approximate surface area is 477 Å². The fraction of sp³-hybridized carbons (Fsp3) is 0.552. The number of carbonyl (C=O) groups excluding carboxylic acids is 4. The van der Waals surface area contributed by atoms with E-state index in [9.17, 15) is 28.7 Å². The zero-order valence-electron chi connectivity index (χ0n) is 47.0. The standard InChI is InChI=1S/C33H46FN7O7.C25H31FN4O4/c1-2-47-31(42)24-29(41-15-14-40(33(41)43)13-4-6-27-9-7-25-5-3-11-36-32(25)38-27)26-8-10-30(28(34)23-26)48-22-21-46-20-19-45-18-17-44-16-12-37-39-35;1-2-34-23(32)16-21(18-8-10-22(31)20(26)15-18)30-14-13-29(25(30)33)12-4-6-19-9-7-17-5-3-11-27-24(17)28-19/h7-10,23,29H,2-6,11-22,24H2,1H3,(H,36,38);7-10,15,21,31H,2-6,11-14,16H2,1H3,(H,27,28)/t29-;21-/m11/s1. The predicted octanol–water partition coefficient (Wildman–Crippen LogP) is 8.33. The monoisotopic (exact) mass is 1140 g/mol. The molecule has 0 aliphatic carbocycles. The molecule has 2 fully saturated rings. The third-order valence-corrected chi connectivity index (χ3v) is 14.3. The number of fused-ring (bicyclic) bond motifs is 2. The van der Waals surface area contributed by atoms with Gasteiger partial charge in [0.25, 0.3) is 0 Å². The molecule has 4 aliphatic heterocycles. The number of rotatable bonds is 31. The first kappa shape index (κ1) is 62.1. The van der Waals surface area contributed by atoms with E-state index in [1.807, 2.05) is 0 Å². The number of azide groups is 1. The van der Waals surface area contributed by atoms with E-state index in [0.717, 1.165) is 87.5 Å².